The van der Waals surface area contributed by atoms with Crippen molar-refractivity contribution in [2.24, 2.45) is 0 Å². The third kappa shape index (κ3) is 5.14. The molecule has 1 fully saturated rings. The summed E-state index contributed by atoms with van der Waals surface area (Å²) in [4.78, 5) is 29.4. The van der Waals surface area contributed by atoms with Crippen LogP contribution in [0, 0.1) is 0 Å². The van der Waals surface area contributed by atoms with Crippen molar-refractivity contribution in [1.29, 1.82) is 0 Å². The van der Waals surface area contributed by atoms with E-state index >= 15 is 0 Å². The third-order valence-electron chi connectivity index (χ3n) is 5.79. The number of carbonyl (C=O) groups is 2. The monoisotopic (exact) mass is 429 g/mol. The average Bonchev–Trinajstić information content (AvgIpc) is 3.36. The summed E-state index contributed by atoms with van der Waals surface area (Å²) in [5, 5.41) is 6.03. The summed E-state index contributed by atoms with van der Waals surface area (Å²) in [5.74, 6) is 0.212. The first kappa shape index (κ1) is 21.6. The number of amides is 2. The van der Waals surface area contributed by atoms with Crippen LogP contribution in [0.1, 0.15) is 52.0 Å². The molecule has 0 bridgehead atoms. The number of nitrogens with zero attached hydrogens (tertiary/aromatic N) is 1. The predicted octanol–water partition coefficient (Wildman–Crippen LogP) is 4.36. The molecule has 164 valence electrons. The second-order valence-electron chi connectivity index (χ2n) is 7.99. The van der Waals surface area contributed by atoms with E-state index in [1.807, 2.05) is 42.5 Å². The Balaban J connectivity index is 1.42. The van der Waals surface area contributed by atoms with Gasteiger partial charge in [-0.2, -0.15) is 0 Å². The van der Waals surface area contributed by atoms with Gasteiger partial charge in [-0.15, -0.1) is 0 Å². The number of rotatable bonds is 7. The molecule has 32 heavy (non-hydrogen) atoms. The van der Waals surface area contributed by atoms with Gasteiger partial charge in [-0.25, -0.2) is 0 Å². The number of pyridine rings is 1. The van der Waals surface area contributed by atoms with Crippen molar-refractivity contribution in [3.63, 3.8) is 0 Å². The number of methoxy groups -OCH3 is 1. The molecule has 0 spiro atoms. The summed E-state index contributed by atoms with van der Waals surface area (Å²) in [5.41, 5.74) is 3.88. The summed E-state index contributed by atoms with van der Waals surface area (Å²) in [6, 6.07) is 17.0. The molecule has 4 rings (SSSR count). The number of benzene rings is 2. The van der Waals surface area contributed by atoms with Gasteiger partial charge in [0.15, 0.2) is 0 Å². The van der Waals surface area contributed by atoms with Crippen molar-refractivity contribution in [3.8, 4) is 16.9 Å². The minimum absolute atomic E-state index is 0.0570. The van der Waals surface area contributed by atoms with Crippen molar-refractivity contribution in [1.82, 2.24) is 15.6 Å². The lowest BCUT2D eigenvalue weighted by molar-refractivity contribution is 0.0935. The minimum atomic E-state index is -0.232. The van der Waals surface area contributed by atoms with E-state index < -0.39 is 0 Å². The fraction of sp³-hybridized carbons (Fsp3) is 0.269. The van der Waals surface area contributed by atoms with E-state index in [0.717, 1.165) is 29.5 Å². The van der Waals surface area contributed by atoms with Gasteiger partial charge < -0.3 is 15.4 Å². The molecule has 1 heterocycles. The number of carbonyl (C=O) groups excluding carboxylic acids is 2. The molecule has 2 aromatic carbocycles. The Morgan fingerprint density at radius 1 is 0.969 bits per heavy atom. The summed E-state index contributed by atoms with van der Waals surface area (Å²) in [7, 11) is 1.55. The predicted molar refractivity (Wildman–Crippen MR) is 124 cm³/mol. The molecule has 0 saturated heterocycles. The maximum Gasteiger partial charge on any atom is 0.255 e. The van der Waals surface area contributed by atoms with Crippen LogP contribution in [0.2, 0.25) is 0 Å². The highest BCUT2D eigenvalue weighted by Crippen LogP contribution is 2.27. The van der Waals surface area contributed by atoms with E-state index in [-0.39, 0.29) is 17.9 Å². The Morgan fingerprint density at radius 2 is 1.75 bits per heavy atom. The quantitative estimate of drug-likeness (QED) is 0.585. The summed E-state index contributed by atoms with van der Waals surface area (Å²) < 4.78 is 5.47. The zero-order chi connectivity index (χ0) is 22.3. The van der Waals surface area contributed by atoms with Crippen molar-refractivity contribution in [2.75, 3.05) is 7.11 Å². The van der Waals surface area contributed by atoms with Crippen LogP contribution < -0.4 is 15.4 Å². The standard InChI is InChI=1S/C26H27N3O3/c1-32-24-16-20(19-11-13-27-14-12-19)9-10-23(24)26(31)28-17-18-5-4-6-21(15-18)25(30)29-22-7-2-3-8-22/h4-6,9-16,22H,2-3,7-8,17H2,1H3,(H,28,31)(H,29,30). The number of hydrogen-bond donors (Lipinski definition) is 2. The molecule has 1 aliphatic carbocycles. The van der Waals surface area contributed by atoms with Crippen molar-refractivity contribution < 1.29 is 14.3 Å². The van der Waals surface area contributed by atoms with Crippen molar-refractivity contribution in [3.05, 3.63) is 83.7 Å². The molecule has 1 aliphatic rings. The van der Waals surface area contributed by atoms with E-state index in [0.29, 0.717) is 23.4 Å². The van der Waals surface area contributed by atoms with Crippen LogP contribution in [0.15, 0.2) is 67.0 Å². The molecule has 1 aromatic heterocycles. The SMILES string of the molecule is COc1cc(-c2ccncc2)ccc1C(=O)NCc1cccc(C(=O)NC2CCCC2)c1. The molecule has 2 N–H and O–H groups in total. The van der Waals surface area contributed by atoms with Crippen molar-refractivity contribution >= 4 is 11.8 Å². The lowest BCUT2D eigenvalue weighted by atomic mass is 10.0. The Bertz CT molecular complexity index is 1090. The van der Waals surface area contributed by atoms with E-state index in [1.165, 1.54) is 12.8 Å². The molecule has 6 heteroatoms. The summed E-state index contributed by atoms with van der Waals surface area (Å²) in [6.45, 7) is 0.318. The Hall–Kier alpha value is -3.67. The minimum Gasteiger partial charge on any atom is -0.496 e. The van der Waals surface area contributed by atoms with Gasteiger partial charge >= 0.3 is 0 Å². The lowest BCUT2D eigenvalue weighted by Crippen LogP contribution is -2.32. The van der Waals surface area contributed by atoms with E-state index in [9.17, 15) is 9.59 Å². The molecular weight excluding hydrogens is 402 g/mol. The molecule has 0 unspecified atom stereocenters. The molecular formula is C26H27N3O3. The topological polar surface area (TPSA) is 80.3 Å². The van der Waals surface area contributed by atoms with Gasteiger partial charge in [-0.05, 0) is 65.9 Å². The van der Waals surface area contributed by atoms with Gasteiger partial charge in [0.05, 0.1) is 12.7 Å². The molecule has 0 radical (unpaired) electrons. The van der Waals surface area contributed by atoms with Crippen molar-refractivity contribution in [2.45, 2.75) is 38.3 Å². The van der Waals surface area contributed by atoms with Crippen LogP contribution in [0.3, 0.4) is 0 Å². The van der Waals surface area contributed by atoms with Crippen LogP contribution in [-0.2, 0) is 6.54 Å². The first-order chi connectivity index (χ1) is 15.6. The van der Waals surface area contributed by atoms with Crippen LogP contribution in [0.25, 0.3) is 11.1 Å². The summed E-state index contributed by atoms with van der Waals surface area (Å²) >= 11 is 0. The molecule has 6 nitrogen and oxygen atoms in total. The van der Waals surface area contributed by atoms with Gasteiger partial charge in [0.25, 0.3) is 11.8 Å². The van der Waals surface area contributed by atoms with E-state index in [1.54, 1.807) is 31.6 Å². The number of ether oxygens (including phenoxy) is 1. The molecule has 0 atom stereocenters. The number of nitrogens with one attached hydrogen (secondary N) is 2. The fourth-order valence-corrected chi connectivity index (χ4v) is 4.04. The molecule has 1 saturated carbocycles. The van der Waals surface area contributed by atoms with E-state index in [4.69, 9.17) is 4.74 Å². The van der Waals surface area contributed by atoms with Gasteiger partial charge in [0.2, 0.25) is 0 Å². The van der Waals surface area contributed by atoms with Crippen LogP contribution in [-0.4, -0.2) is 29.9 Å². The highest BCUT2D eigenvalue weighted by atomic mass is 16.5. The smallest absolute Gasteiger partial charge is 0.255 e. The zero-order valence-electron chi connectivity index (χ0n) is 18.1. The maximum absolute atomic E-state index is 12.8. The number of aromatic nitrogens is 1. The van der Waals surface area contributed by atoms with Crippen LogP contribution >= 0.6 is 0 Å². The highest BCUT2D eigenvalue weighted by molar-refractivity contribution is 5.98. The van der Waals surface area contributed by atoms with E-state index in [2.05, 4.69) is 15.6 Å². The second kappa shape index (κ2) is 10.1. The Labute approximate surface area is 188 Å². The molecule has 3 aromatic rings. The first-order valence-corrected chi connectivity index (χ1v) is 10.9. The largest absolute Gasteiger partial charge is 0.496 e. The maximum atomic E-state index is 12.8. The van der Waals surface area contributed by atoms with Gasteiger partial charge in [0, 0.05) is 30.5 Å². The van der Waals surface area contributed by atoms with Gasteiger partial charge in [0.1, 0.15) is 5.75 Å². The third-order valence-corrected chi connectivity index (χ3v) is 5.79. The fourth-order valence-electron chi connectivity index (χ4n) is 4.04. The number of hydrogen-bond acceptors (Lipinski definition) is 4. The highest BCUT2D eigenvalue weighted by Gasteiger charge is 2.18. The van der Waals surface area contributed by atoms with Gasteiger partial charge in [-0.1, -0.05) is 31.0 Å². The zero-order valence-corrected chi connectivity index (χ0v) is 18.1. The Morgan fingerprint density at radius 3 is 2.50 bits per heavy atom. The summed E-state index contributed by atoms with van der Waals surface area (Å²) in [6.07, 6.45) is 7.88. The van der Waals surface area contributed by atoms with Gasteiger partial charge in [-0.3, -0.25) is 14.6 Å². The van der Waals surface area contributed by atoms with Crippen LogP contribution in [0.4, 0.5) is 0 Å². The lowest BCUT2D eigenvalue weighted by Gasteiger charge is -2.13. The normalized spacial score (nSPS) is 13.5. The second-order valence-corrected chi connectivity index (χ2v) is 7.99. The Kier molecular flexibility index (Phi) is 6.80. The van der Waals surface area contributed by atoms with Crippen LogP contribution in [0.5, 0.6) is 5.75 Å². The molecule has 0 aliphatic heterocycles. The average molecular weight is 430 g/mol. The first-order valence-electron chi connectivity index (χ1n) is 10.9. The molecule has 2 amide bonds.